The van der Waals surface area contributed by atoms with Crippen molar-refractivity contribution < 1.29 is 19.1 Å². The Bertz CT molecular complexity index is 1340. The standard InChI is InChI=1S/C25H18Cl3N3O4/c1-2-35-18-10-8-17(9-11-18)30-23(32)14-3-6-16(7-4-14)29-22-21(28)24(33)31(25(22)34)20-12-5-15(26)13-19(20)27/h3-13,29H,2H2,1H3,(H,30,32). The molecule has 2 N–H and O–H groups in total. The molecule has 35 heavy (non-hydrogen) atoms. The van der Waals surface area contributed by atoms with E-state index in [2.05, 4.69) is 10.6 Å². The summed E-state index contributed by atoms with van der Waals surface area (Å²) in [6.07, 6.45) is 0. The second kappa shape index (κ2) is 10.4. The number of imide groups is 1. The molecule has 0 saturated carbocycles. The molecule has 3 amide bonds. The van der Waals surface area contributed by atoms with E-state index in [1.165, 1.54) is 18.2 Å². The van der Waals surface area contributed by atoms with E-state index in [4.69, 9.17) is 39.5 Å². The predicted molar refractivity (Wildman–Crippen MR) is 137 cm³/mol. The summed E-state index contributed by atoms with van der Waals surface area (Å²) < 4.78 is 5.39. The Balaban J connectivity index is 1.45. The molecule has 0 fully saturated rings. The maximum Gasteiger partial charge on any atom is 0.283 e. The molecular formula is C25H18Cl3N3O4. The highest BCUT2D eigenvalue weighted by Gasteiger charge is 2.39. The quantitative estimate of drug-likeness (QED) is 0.362. The number of amides is 3. The molecule has 1 heterocycles. The summed E-state index contributed by atoms with van der Waals surface area (Å²) in [6, 6.07) is 17.8. The largest absolute Gasteiger partial charge is 0.494 e. The van der Waals surface area contributed by atoms with Crippen LogP contribution in [0, 0.1) is 0 Å². The number of benzene rings is 3. The second-order valence-electron chi connectivity index (χ2n) is 7.34. The molecule has 3 aromatic rings. The number of nitrogens with one attached hydrogen (secondary N) is 2. The molecule has 0 aromatic heterocycles. The molecule has 0 spiro atoms. The number of hydrogen-bond acceptors (Lipinski definition) is 5. The fourth-order valence-electron chi connectivity index (χ4n) is 3.35. The highest BCUT2D eigenvalue weighted by molar-refractivity contribution is 6.54. The van der Waals surface area contributed by atoms with Gasteiger partial charge in [0.1, 0.15) is 16.5 Å². The van der Waals surface area contributed by atoms with Crippen molar-refractivity contribution in [2.75, 3.05) is 22.1 Å². The number of nitrogens with zero attached hydrogens (tertiary/aromatic N) is 1. The van der Waals surface area contributed by atoms with E-state index in [9.17, 15) is 14.4 Å². The van der Waals surface area contributed by atoms with E-state index < -0.39 is 11.8 Å². The Morgan fingerprint density at radius 1 is 0.886 bits per heavy atom. The lowest BCUT2D eigenvalue weighted by molar-refractivity contribution is -0.120. The molecule has 0 unspecified atom stereocenters. The van der Waals surface area contributed by atoms with Crippen LogP contribution in [-0.4, -0.2) is 24.3 Å². The molecule has 7 nitrogen and oxygen atoms in total. The molecule has 10 heteroatoms. The summed E-state index contributed by atoms with van der Waals surface area (Å²) in [5.41, 5.74) is 1.54. The smallest absolute Gasteiger partial charge is 0.283 e. The maximum absolute atomic E-state index is 12.9. The van der Waals surface area contributed by atoms with Crippen molar-refractivity contribution in [2.24, 2.45) is 0 Å². The van der Waals surface area contributed by atoms with Gasteiger partial charge in [-0.05, 0) is 73.7 Å². The summed E-state index contributed by atoms with van der Waals surface area (Å²) in [4.78, 5) is 39.0. The summed E-state index contributed by atoms with van der Waals surface area (Å²) in [7, 11) is 0. The first kappa shape index (κ1) is 24.6. The summed E-state index contributed by atoms with van der Waals surface area (Å²) >= 11 is 18.2. The van der Waals surface area contributed by atoms with E-state index >= 15 is 0 Å². The van der Waals surface area contributed by atoms with E-state index in [1.54, 1.807) is 48.5 Å². The molecular weight excluding hydrogens is 513 g/mol. The Kier molecular flexibility index (Phi) is 7.31. The van der Waals surface area contributed by atoms with Crippen molar-refractivity contribution in [3.63, 3.8) is 0 Å². The first-order chi connectivity index (χ1) is 16.8. The Labute approximate surface area is 216 Å². The molecule has 4 rings (SSSR count). The van der Waals surface area contributed by atoms with Crippen molar-refractivity contribution >= 4 is 69.6 Å². The van der Waals surface area contributed by atoms with Gasteiger partial charge in [-0.25, -0.2) is 4.90 Å². The van der Waals surface area contributed by atoms with Gasteiger partial charge in [0.15, 0.2) is 0 Å². The average Bonchev–Trinajstić information content (AvgIpc) is 3.04. The highest BCUT2D eigenvalue weighted by Crippen LogP contribution is 2.35. The monoisotopic (exact) mass is 529 g/mol. The summed E-state index contributed by atoms with van der Waals surface area (Å²) in [6.45, 7) is 2.45. The van der Waals surface area contributed by atoms with Gasteiger partial charge in [-0.15, -0.1) is 0 Å². The normalized spacial score (nSPS) is 13.3. The lowest BCUT2D eigenvalue weighted by Gasteiger charge is -2.16. The fraction of sp³-hybridized carbons (Fsp3) is 0.0800. The third kappa shape index (κ3) is 5.27. The van der Waals surface area contributed by atoms with Crippen LogP contribution in [0.3, 0.4) is 0 Å². The lowest BCUT2D eigenvalue weighted by Crippen LogP contribution is -2.32. The van der Waals surface area contributed by atoms with Crippen LogP contribution in [-0.2, 0) is 9.59 Å². The van der Waals surface area contributed by atoms with Crippen LogP contribution in [0.1, 0.15) is 17.3 Å². The average molecular weight is 531 g/mol. The molecule has 178 valence electrons. The van der Waals surface area contributed by atoms with E-state index in [-0.39, 0.29) is 27.3 Å². The van der Waals surface area contributed by atoms with Gasteiger partial charge >= 0.3 is 0 Å². The van der Waals surface area contributed by atoms with E-state index in [0.29, 0.717) is 34.3 Å². The first-order valence-electron chi connectivity index (χ1n) is 10.4. The van der Waals surface area contributed by atoms with Crippen LogP contribution in [0.25, 0.3) is 0 Å². The molecule has 0 saturated heterocycles. The Morgan fingerprint density at radius 3 is 2.17 bits per heavy atom. The minimum Gasteiger partial charge on any atom is -0.494 e. The van der Waals surface area contributed by atoms with Gasteiger partial charge in [-0.2, -0.15) is 0 Å². The van der Waals surface area contributed by atoms with E-state index in [1.807, 2.05) is 6.92 Å². The number of carbonyl (C=O) groups is 3. The number of hydrogen-bond donors (Lipinski definition) is 2. The zero-order valence-corrected chi connectivity index (χ0v) is 20.5. The zero-order chi connectivity index (χ0) is 25.1. The first-order valence-corrected chi connectivity index (χ1v) is 11.6. The Morgan fingerprint density at radius 2 is 1.54 bits per heavy atom. The van der Waals surface area contributed by atoms with Gasteiger partial charge in [0.05, 0.1) is 17.3 Å². The molecule has 1 aliphatic heterocycles. The number of anilines is 3. The highest BCUT2D eigenvalue weighted by atomic mass is 35.5. The predicted octanol–water partition coefficient (Wildman–Crippen LogP) is 6.08. The van der Waals surface area contributed by atoms with Crippen molar-refractivity contribution in [1.82, 2.24) is 0 Å². The zero-order valence-electron chi connectivity index (χ0n) is 18.3. The van der Waals surface area contributed by atoms with Gasteiger partial charge in [0, 0.05) is 22.0 Å². The maximum atomic E-state index is 12.9. The van der Waals surface area contributed by atoms with Crippen molar-refractivity contribution in [2.45, 2.75) is 6.92 Å². The minimum atomic E-state index is -0.713. The molecule has 0 radical (unpaired) electrons. The SMILES string of the molecule is CCOc1ccc(NC(=O)c2ccc(NC3=C(Cl)C(=O)N(c4ccc(Cl)cc4Cl)C3=O)cc2)cc1. The number of halogens is 3. The molecule has 0 atom stereocenters. The van der Waals surface area contributed by atoms with Crippen molar-refractivity contribution in [3.05, 3.63) is 93.1 Å². The van der Waals surface area contributed by atoms with Gasteiger partial charge < -0.3 is 15.4 Å². The number of ether oxygens (including phenoxy) is 1. The van der Waals surface area contributed by atoms with Crippen molar-refractivity contribution in [3.8, 4) is 5.75 Å². The van der Waals surface area contributed by atoms with Crippen molar-refractivity contribution in [1.29, 1.82) is 0 Å². The number of rotatable bonds is 7. The minimum absolute atomic E-state index is 0.103. The molecule has 3 aromatic carbocycles. The topological polar surface area (TPSA) is 87.7 Å². The second-order valence-corrected chi connectivity index (χ2v) is 8.57. The third-order valence-corrected chi connectivity index (χ3v) is 5.91. The van der Waals surface area contributed by atoms with Crippen LogP contribution in [0.5, 0.6) is 5.75 Å². The van der Waals surface area contributed by atoms with Gasteiger partial charge in [-0.3, -0.25) is 14.4 Å². The molecule has 1 aliphatic rings. The Hall–Kier alpha value is -3.52. The summed E-state index contributed by atoms with van der Waals surface area (Å²) in [5, 5.41) is 5.87. The van der Waals surface area contributed by atoms with Crippen LogP contribution in [0.4, 0.5) is 17.1 Å². The molecule has 0 bridgehead atoms. The van der Waals surface area contributed by atoms with Crippen LogP contribution in [0.15, 0.2) is 77.5 Å². The third-order valence-electron chi connectivity index (χ3n) is 5.02. The fourth-order valence-corrected chi connectivity index (χ4v) is 4.05. The van der Waals surface area contributed by atoms with Gasteiger partial charge in [0.2, 0.25) is 0 Å². The molecule has 0 aliphatic carbocycles. The summed E-state index contributed by atoms with van der Waals surface area (Å²) in [5.74, 6) is -0.976. The van der Waals surface area contributed by atoms with E-state index in [0.717, 1.165) is 4.90 Å². The van der Waals surface area contributed by atoms with Gasteiger partial charge in [-0.1, -0.05) is 34.8 Å². The number of carbonyl (C=O) groups excluding carboxylic acids is 3. The van der Waals surface area contributed by atoms with Crippen LogP contribution < -0.4 is 20.3 Å². The van der Waals surface area contributed by atoms with Gasteiger partial charge in [0.25, 0.3) is 17.7 Å². The lowest BCUT2D eigenvalue weighted by atomic mass is 10.2. The van der Waals surface area contributed by atoms with Crippen LogP contribution >= 0.6 is 34.8 Å². The van der Waals surface area contributed by atoms with Crippen LogP contribution in [0.2, 0.25) is 10.0 Å².